The second kappa shape index (κ2) is 10.7. The number of nitriles is 1. The smallest absolute Gasteiger partial charge is 0.226 e. The maximum absolute atomic E-state index is 9.09. The Morgan fingerprint density at radius 2 is 2.11 bits per heavy atom. The van der Waals surface area contributed by atoms with Crippen LogP contribution in [0.5, 0.6) is 0 Å². The van der Waals surface area contributed by atoms with Gasteiger partial charge < -0.3 is 10.6 Å². The summed E-state index contributed by atoms with van der Waals surface area (Å²) in [5, 5.41) is 24.5. The van der Waals surface area contributed by atoms with Crippen molar-refractivity contribution < 1.29 is 0 Å². The molecule has 190 valence electrons. The molecular weight excluding hydrogens is 502 g/mol. The molecule has 0 aromatic carbocycles. The third-order valence-corrected chi connectivity index (χ3v) is 9.24. The first-order valence-electron chi connectivity index (χ1n) is 12.7. The van der Waals surface area contributed by atoms with E-state index >= 15 is 0 Å². The molecule has 3 atom stereocenters. The molecule has 0 spiro atoms. The Morgan fingerprint density at radius 3 is 2.84 bits per heavy atom. The van der Waals surface area contributed by atoms with Crippen molar-refractivity contribution in [2.45, 2.75) is 72.7 Å². The predicted octanol–water partition coefficient (Wildman–Crippen LogP) is 5.72. The van der Waals surface area contributed by atoms with Crippen LogP contribution in [0.1, 0.15) is 44.2 Å². The molecule has 0 unspecified atom stereocenters. The summed E-state index contributed by atoms with van der Waals surface area (Å²) < 4.78 is 1.14. The van der Waals surface area contributed by atoms with E-state index < -0.39 is 0 Å². The SMILES string of the molecule is Cc1cc(Nc2nc(N[C@@H]3C[C@H]4CCC[C@@H](C3)N4CCC#N)nc3sc(Sc4cccnc4)cc23)n[nH]1. The summed E-state index contributed by atoms with van der Waals surface area (Å²) in [7, 11) is 0. The third-order valence-electron chi connectivity index (χ3n) is 7.12. The van der Waals surface area contributed by atoms with Gasteiger partial charge in [0.2, 0.25) is 5.95 Å². The predicted molar refractivity (Wildman–Crippen MR) is 147 cm³/mol. The van der Waals surface area contributed by atoms with Gasteiger partial charge in [-0.3, -0.25) is 15.0 Å². The number of hydrogen-bond acceptors (Lipinski definition) is 10. The van der Waals surface area contributed by atoms with Gasteiger partial charge in [-0.05, 0) is 50.8 Å². The molecule has 2 bridgehead atoms. The van der Waals surface area contributed by atoms with Crippen molar-refractivity contribution in [1.82, 2.24) is 30.0 Å². The number of hydrogen-bond donors (Lipinski definition) is 3. The van der Waals surface area contributed by atoms with Crippen molar-refractivity contribution in [1.29, 1.82) is 5.26 Å². The van der Waals surface area contributed by atoms with Gasteiger partial charge in [-0.2, -0.15) is 15.3 Å². The van der Waals surface area contributed by atoms with E-state index in [0.29, 0.717) is 30.5 Å². The van der Waals surface area contributed by atoms with Gasteiger partial charge in [0.25, 0.3) is 0 Å². The number of rotatable bonds is 8. The fourth-order valence-electron chi connectivity index (χ4n) is 5.56. The summed E-state index contributed by atoms with van der Waals surface area (Å²) in [4.78, 5) is 18.7. The van der Waals surface area contributed by atoms with Crippen LogP contribution in [0.4, 0.5) is 17.6 Å². The van der Waals surface area contributed by atoms with Crippen molar-refractivity contribution in [2.75, 3.05) is 17.2 Å². The molecule has 2 fully saturated rings. The normalized spacial score (nSPS) is 21.6. The van der Waals surface area contributed by atoms with Gasteiger partial charge in [0.05, 0.1) is 15.7 Å². The van der Waals surface area contributed by atoms with E-state index in [2.05, 4.69) is 48.9 Å². The summed E-state index contributed by atoms with van der Waals surface area (Å²) >= 11 is 3.34. The Labute approximate surface area is 224 Å². The number of piperidine rings is 2. The number of nitrogens with zero attached hydrogens (tertiary/aromatic N) is 6. The van der Waals surface area contributed by atoms with Crippen molar-refractivity contribution >= 4 is 50.9 Å². The average Bonchev–Trinajstić information content (AvgIpc) is 3.48. The molecule has 6 heterocycles. The molecule has 37 heavy (non-hydrogen) atoms. The number of aryl methyl sites for hydroxylation is 1. The Balaban J connectivity index is 1.27. The zero-order valence-corrected chi connectivity index (χ0v) is 22.3. The number of H-pyrrole nitrogens is 1. The van der Waals surface area contributed by atoms with E-state index in [9.17, 15) is 0 Å². The topological polar surface area (TPSA) is 118 Å². The monoisotopic (exact) mass is 531 g/mol. The lowest BCUT2D eigenvalue weighted by molar-refractivity contribution is 0.0369. The van der Waals surface area contributed by atoms with E-state index in [1.165, 1.54) is 19.3 Å². The van der Waals surface area contributed by atoms with Gasteiger partial charge in [-0.25, -0.2) is 4.98 Å². The van der Waals surface area contributed by atoms with Crippen LogP contribution in [-0.2, 0) is 0 Å². The number of fused-ring (bicyclic) bond motifs is 3. The molecule has 6 rings (SSSR count). The van der Waals surface area contributed by atoms with Crippen molar-refractivity contribution in [3.63, 3.8) is 0 Å². The highest BCUT2D eigenvalue weighted by atomic mass is 32.2. The summed E-state index contributed by atoms with van der Waals surface area (Å²) in [6.45, 7) is 2.86. The third kappa shape index (κ3) is 5.42. The molecule has 4 aromatic heterocycles. The van der Waals surface area contributed by atoms with Gasteiger partial charge in [-0.1, -0.05) is 18.2 Å². The molecule has 2 aliphatic heterocycles. The highest BCUT2D eigenvalue weighted by Gasteiger charge is 2.38. The number of thiophene rings is 1. The highest BCUT2D eigenvalue weighted by Crippen LogP contribution is 2.40. The van der Waals surface area contributed by atoms with Gasteiger partial charge in [0.1, 0.15) is 10.6 Å². The summed E-state index contributed by atoms with van der Waals surface area (Å²) in [5.74, 6) is 2.13. The maximum Gasteiger partial charge on any atom is 0.226 e. The van der Waals surface area contributed by atoms with Crippen molar-refractivity contribution in [3.05, 3.63) is 42.4 Å². The molecular formula is C26H29N9S2. The summed E-state index contributed by atoms with van der Waals surface area (Å²) in [5.41, 5.74) is 0.985. The maximum atomic E-state index is 9.09. The van der Waals surface area contributed by atoms with Crippen molar-refractivity contribution in [3.8, 4) is 6.07 Å². The first-order valence-corrected chi connectivity index (χ1v) is 14.4. The minimum atomic E-state index is 0.316. The fraction of sp³-hybridized carbons (Fsp3) is 0.423. The van der Waals surface area contributed by atoms with Crippen LogP contribution in [0.2, 0.25) is 0 Å². The van der Waals surface area contributed by atoms with Crippen LogP contribution in [0, 0.1) is 18.3 Å². The Kier molecular flexibility index (Phi) is 6.95. The van der Waals surface area contributed by atoms with E-state index in [-0.39, 0.29) is 0 Å². The molecule has 2 aliphatic rings. The standard InChI is InChI=1S/C26H29N9S2/c1-16-11-22(34-33-16)30-24-21-14-23(36-20-7-3-9-28-15-20)37-25(21)32-26(31-24)29-17-12-18-5-2-6-19(13-17)35(18)10-4-8-27/h3,7,9,11,14-15,17-19H,2,4-6,10,12-13H2,1H3,(H3,29,30,31,32,33,34)/t17-,18-,19+. The first-order chi connectivity index (χ1) is 18.1. The molecule has 0 aliphatic carbocycles. The highest BCUT2D eigenvalue weighted by molar-refractivity contribution is 8.01. The van der Waals surface area contributed by atoms with Crippen LogP contribution in [0.15, 0.2) is 45.8 Å². The number of aromatic amines is 1. The Bertz CT molecular complexity index is 1400. The lowest BCUT2D eigenvalue weighted by atomic mass is 9.81. The molecule has 2 saturated heterocycles. The van der Waals surface area contributed by atoms with Crippen molar-refractivity contribution in [2.24, 2.45) is 0 Å². The van der Waals surface area contributed by atoms with Gasteiger partial charge in [0.15, 0.2) is 5.82 Å². The second-order valence-electron chi connectivity index (χ2n) is 9.73. The van der Waals surface area contributed by atoms with Crippen LogP contribution in [-0.4, -0.2) is 54.7 Å². The minimum absolute atomic E-state index is 0.316. The molecule has 0 amide bonds. The number of pyridine rings is 1. The Hall–Kier alpha value is -3.20. The second-order valence-corrected chi connectivity index (χ2v) is 12.1. The fourth-order valence-corrected chi connectivity index (χ4v) is 7.69. The zero-order chi connectivity index (χ0) is 25.2. The van der Waals surface area contributed by atoms with Crippen LogP contribution in [0.25, 0.3) is 10.2 Å². The molecule has 11 heteroatoms. The van der Waals surface area contributed by atoms with E-state index in [0.717, 1.165) is 56.0 Å². The summed E-state index contributed by atoms with van der Waals surface area (Å²) in [6, 6.07) is 11.8. The van der Waals surface area contributed by atoms with Crippen LogP contribution >= 0.6 is 23.1 Å². The molecule has 0 radical (unpaired) electrons. The minimum Gasteiger partial charge on any atom is -0.351 e. The molecule has 0 saturated carbocycles. The largest absolute Gasteiger partial charge is 0.351 e. The quantitative estimate of drug-likeness (QED) is 0.262. The lowest BCUT2D eigenvalue weighted by Crippen LogP contribution is -2.55. The van der Waals surface area contributed by atoms with Gasteiger partial charge in [0, 0.05) is 60.1 Å². The average molecular weight is 532 g/mol. The van der Waals surface area contributed by atoms with Crippen LogP contribution in [0.3, 0.4) is 0 Å². The van der Waals surface area contributed by atoms with E-state index in [4.69, 9.17) is 15.2 Å². The zero-order valence-electron chi connectivity index (χ0n) is 20.6. The lowest BCUT2D eigenvalue weighted by Gasteiger charge is -2.48. The summed E-state index contributed by atoms with van der Waals surface area (Å²) in [6.07, 6.45) is 10.0. The van der Waals surface area contributed by atoms with Gasteiger partial charge in [-0.15, -0.1) is 11.3 Å². The van der Waals surface area contributed by atoms with Crippen LogP contribution < -0.4 is 10.6 Å². The number of nitrogens with one attached hydrogen (secondary N) is 3. The molecule has 4 aromatic rings. The number of aromatic nitrogens is 5. The van der Waals surface area contributed by atoms with Gasteiger partial charge >= 0.3 is 0 Å². The molecule has 9 nitrogen and oxygen atoms in total. The molecule has 3 N–H and O–H groups in total. The first kappa shape index (κ1) is 24.2. The van der Waals surface area contributed by atoms with E-state index in [1.54, 1.807) is 29.3 Å². The number of anilines is 3. The van der Waals surface area contributed by atoms with E-state index in [1.807, 2.05) is 25.3 Å². The Morgan fingerprint density at radius 1 is 1.24 bits per heavy atom.